The largest absolute Gasteiger partial charge is 0.484 e. The lowest BCUT2D eigenvalue weighted by molar-refractivity contribution is -0.120. The van der Waals surface area contributed by atoms with Crippen LogP contribution < -0.4 is 9.64 Å². The first-order chi connectivity index (χ1) is 12.2. The molecule has 1 heterocycles. The van der Waals surface area contributed by atoms with Crippen LogP contribution in [0.25, 0.3) is 0 Å². The molecule has 25 heavy (non-hydrogen) atoms. The lowest BCUT2D eigenvalue weighted by Gasteiger charge is -2.22. The van der Waals surface area contributed by atoms with E-state index in [-0.39, 0.29) is 12.5 Å². The van der Waals surface area contributed by atoms with Crippen LogP contribution in [0.2, 0.25) is 0 Å². The van der Waals surface area contributed by atoms with E-state index in [1.807, 2.05) is 79.7 Å². The second-order valence-corrected chi connectivity index (χ2v) is 5.76. The van der Waals surface area contributed by atoms with Crippen molar-refractivity contribution in [1.29, 1.82) is 0 Å². The molecule has 0 fully saturated rings. The van der Waals surface area contributed by atoms with Crippen molar-refractivity contribution in [2.24, 2.45) is 0 Å². The molecular formula is C21H20N2O2. The van der Waals surface area contributed by atoms with Crippen molar-refractivity contribution in [1.82, 2.24) is 4.98 Å². The molecule has 1 amide bonds. The lowest BCUT2D eigenvalue weighted by Crippen LogP contribution is -2.35. The molecule has 2 aromatic carbocycles. The molecule has 1 aromatic heterocycles. The number of aromatic nitrogens is 1. The quantitative estimate of drug-likeness (QED) is 0.685. The summed E-state index contributed by atoms with van der Waals surface area (Å²) in [5, 5.41) is 0. The number of aryl methyl sites for hydroxylation is 1. The summed E-state index contributed by atoms with van der Waals surface area (Å²) in [6, 6.07) is 23.0. The fourth-order valence-electron chi connectivity index (χ4n) is 2.43. The molecule has 0 bridgehead atoms. The third-order valence-electron chi connectivity index (χ3n) is 3.79. The number of carbonyl (C=O) groups excluding carboxylic acids is 1. The molecule has 3 rings (SSSR count). The highest BCUT2D eigenvalue weighted by molar-refractivity contribution is 5.93. The van der Waals surface area contributed by atoms with Gasteiger partial charge < -0.3 is 4.74 Å². The smallest absolute Gasteiger partial charge is 0.266 e. The average Bonchev–Trinajstić information content (AvgIpc) is 2.67. The Balaban J connectivity index is 1.76. The second-order valence-electron chi connectivity index (χ2n) is 5.76. The van der Waals surface area contributed by atoms with Crippen LogP contribution in [0.15, 0.2) is 79.0 Å². The molecule has 0 aliphatic rings. The van der Waals surface area contributed by atoms with E-state index in [0.717, 1.165) is 5.56 Å². The summed E-state index contributed by atoms with van der Waals surface area (Å²) in [5.41, 5.74) is 2.23. The number of benzene rings is 2. The highest BCUT2D eigenvalue weighted by Gasteiger charge is 2.18. The van der Waals surface area contributed by atoms with E-state index in [4.69, 9.17) is 4.74 Å². The van der Waals surface area contributed by atoms with E-state index >= 15 is 0 Å². The van der Waals surface area contributed by atoms with Gasteiger partial charge in [0.25, 0.3) is 5.91 Å². The SMILES string of the molecule is Cc1ccc(CN(C(=O)COc2ccccc2)c2ccccn2)cc1. The van der Waals surface area contributed by atoms with Crippen molar-refractivity contribution in [2.75, 3.05) is 11.5 Å². The molecule has 0 N–H and O–H groups in total. The lowest BCUT2D eigenvalue weighted by atomic mass is 10.1. The molecule has 0 aliphatic heterocycles. The third-order valence-corrected chi connectivity index (χ3v) is 3.79. The summed E-state index contributed by atoms with van der Waals surface area (Å²) in [7, 11) is 0. The van der Waals surface area contributed by atoms with Crippen molar-refractivity contribution in [3.63, 3.8) is 0 Å². The van der Waals surface area contributed by atoms with Crippen LogP contribution in [0.3, 0.4) is 0 Å². The standard InChI is InChI=1S/C21H20N2O2/c1-17-10-12-18(13-11-17)15-23(20-9-5-6-14-22-20)21(24)16-25-19-7-3-2-4-8-19/h2-14H,15-16H2,1H3. The Morgan fingerprint density at radius 1 is 0.960 bits per heavy atom. The molecule has 4 heteroatoms. The van der Waals surface area contributed by atoms with Gasteiger partial charge in [0.05, 0.1) is 6.54 Å². The van der Waals surface area contributed by atoms with Crippen molar-refractivity contribution in [3.8, 4) is 5.75 Å². The van der Waals surface area contributed by atoms with Gasteiger partial charge in [0.2, 0.25) is 0 Å². The zero-order valence-corrected chi connectivity index (χ0v) is 14.1. The number of anilines is 1. The fraction of sp³-hybridized carbons (Fsp3) is 0.143. The monoisotopic (exact) mass is 332 g/mol. The Morgan fingerprint density at radius 3 is 2.36 bits per heavy atom. The number of ether oxygens (including phenoxy) is 1. The van der Waals surface area contributed by atoms with Gasteiger partial charge in [0.1, 0.15) is 11.6 Å². The van der Waals surface area contributed by atoms with Crippen molar-refractivity contribution >= 4 is 11.7 Å². The summed E-state index contributed by atoms with van der Waals surface area (Å²) in [5.74, 6) is 1.15. The number of pyridine rings is 1. The Kier molecular flexibility index (Phi) is 5.42. The molecule has 0 saturated heterocycles. The van der Waals surface area contributed by atoms with Crippen LogP contribution in [0.5, 0.6) is 5.75 Å². The van der Waals surface area contributed by atoms with Crippen LogP contribution >= 0.6 is 0 Å². The minimum Gasteiger partial charge on any atom is -0.484 e. The minimum absolute atomic E-state index is 0.0353. The highest BCUT2D eigenvalue weighted by atomic mass is 16.5. The molecular weight excluding hydrogens is 312 g/mol. The van der Waals surface area contributed by atoms with Crippen LogP contribution in [-0.4, -0.2) is 17.5 Å². The maximum absolute atomic E-state index is 12.7. The molecule has 4 nitrogen and oxygen atoms in total. The summed E-state index contributed by atoms with van der Waals surface area (Å²) in [6.07, 6.45) is 1.68. The highest BCUT2D eigenvalue weighted by Crippen LogP contribution is 2.16. The third kappa shape index (κ3) is 4.67. The summed E-state index contributed by atoms with van der Waals surface area (Å²) in [4.78, 5) is 18.7. The number of carbonyl (C=O) groups is 1. The Labute approximate surface area is 147 Å². The summed E-state index contributed by atoms with van der Waals surface area (Å²) < 4.78 is 5.61. The summed E-state index contributed by atoms with van der Waals surface area (Å²) in [6.45, 7) is 2.46. The molecule has 0 atom stereocenters. The van der Waals surface area contributed by atoms with Gasteiger partial charge in [-0.15, -0.1) is 0 Å². The van der Waals surface area contributed by atoms with Crippen molar-refractivity contribution in [2.45, 2.75) is 13.5 Å². The van der Waals surface area contributed by atoms with Crippen LogP contribution in [0.1, 0.15) is 11.1 Å². The molecule has 0 unspecified atom stereocenters. The van der Waals surface area contributed by atoms with Gasteiger partial charge in [-0.3, -0.25) is 9.69 Å². The van der Waals surface area contributed by atoms with E-state index < -0.39 is 0 Å². The number of nitrogens with zero attached hydrogens (tertiary/aromatic N) is 2. The normalized spacial score (nSPS) is 10.3. The fourth-order valence-corrected chi connectivity index (χ4v) is 2.43. The van der Waals surface area contributed by atoms with E-state index in [0.29, 0.717) is 18.1 Å². The van der Waals surface area contributed by atoms with Gasteiger partial charge in [-0.1, -0.05) is 54.1 Å². The van der Waals surface area contributed by atoms with E-state index in [9.17, 15) is 4.79 Å². The first-order valence-corrected chi connectivity index (χ1v) is 8.17. The number of hydrogen-bond acceptors (Lipinski definition) is 3. The van der Waals surface area contributed by atoms with Crippen molar-refractivity contribution in [3.05, 3.63) is 90.1 Å². The number of rotatable bonds is 6. The Bertz CT molecular complexity index is 802. The van der Waals surface area contributed by atoms with Gasteiger partial charge >= 0.3 is 0 Å². The average molecular weight is 332 g/mol. The van der Waals surface area contributed by atoms with Gasteiger partial charge in [-0.25, -0.2) is 4.98 Å². The molecule has 0 spiro atoms. The zero-order chi connectivity index (χ0) is 17.5. The van der Waals surface area contributed by atoms with Crippen LogP contribution in [0.4, 0.5) is 5.82 Å². The van der Waals surface area contributed by atoms with Gasteiger partial charge in [0, 0.05) is 6.20 Å². The van der Waals surface area contributed by atoms with Crippen LogP contribution in [-0.2, 0) is 11.3 Å². The molecule has 0 radical (unpaired) electrons. The maximum Gasteiger partial charge on any atom is 0.266 e. The van der Waals surface area contributed by atoms with Gasteiger partial charge in [-0.2, -0.15) is 0 Å². The number of para-hydroxylation sites is 1. The Hall–Kier alpha value is -3.14. The number of hydrogen-bond donors (Lipinski definition) is 0. The van der Waals surface area contributed by atoms with E-state index in [1.165, 1.54) is 5.56 Å². The van der Waals surface area contributed by atoms with Gasteiger partial charge in [-0.05, 0) is 36.8 Å². The first kappa shape index (κ1) is 16.7. The van der Waals surface area contributed by atoms with Crippen LogP contribution in [0, 0.1) is 6.92 Å². The van der Waals surface area contributed by atoms with Gasteiger partial charge in [0.15, 0.2) is 6.61 Å². The minimum atomic E-state index is -0.136. The predicted octanol–water partition coefficient (Wildman–Crippen LogP) is 4.00. The first-order valence-electron chi connectivity index (χ1n) is 8.17. The molecule has 0 saturated carbocycles. The molecule has 126 valence electrons. The predicted molar refractivity (Wildman–Crippen MR) is 98.5 cm³/mol. The maximum atomic E-state index is 12.7. The van der Waals surface area contributed by atoms with Crippen molar-refractivity contribution < 1.29 is 9.53 Å². The molecule has 0 aliphatic carbocycles. The zero-order valence-electron chi connectivity index (χ0n) is 14.1. The molecule has 3 aromatic rings. The topological polar surface area (TPSA) is 42.4 Å². The van der Waals surface area contributed by atoms with E-state index in [2.05, 4.69) is 4.98 Å². The Morgan fingerprint density at radius 2 is 1.68 bits per heavy atom. The number of amides is 1. The summed E-state index contributed by atoms with van der Waals surface area (Å²) >= 11 is 0. The van der Waals surface area contributed by atoms with E-state index in [1.54, 1.807) is 11.1 Å². The second kappa shape index (κ2) is 8.11.